The van der Waals surface area contributed by atoms with E-state index in [0.717, 1.165) is 116 Å². The van der Waals surface area contributed by atoms with Gasteiger partial charge in [-0.25, -0.2) is 4.79 Å². The molecule has 0 rings (SSSR count). The summed E-state index contributed by atoms with van der Waals surface area (Å²) < 4.78 is 22.7. The zero-order chi connectivity index (χ0) is 53.4. The summed E-state index contributed by atoms with van der Waals surface area (Å²) in [4.78, 5) is 37.4. The maximum Gasteiger partial charge on any atom is 0.361 e. The van der Waals surface area contributed by atoms with Crippen LogP contribution in [-0.2, 0) is 33.3 Å². The number of carbonyl (C=O) groups is 3. The molecule has 0 radical (unpaired) electrons. The monoisotopic (exact) mass is 1010 g/mol. The number of allylic oxidation sites excluding steroid dienone is 28. The summed E-state index contributed by atoms with van der Waals surface area (Å²) in [5.74, 6) is -2.16. The lowest BCUT2D eigenvalue weighted by Gasteiger charge is -2.25. The van der Waals surface area contributed by atoms with Crippen molar-refractivity contribution >= 4 is 17.9 Å². The van der Waals surface area contributed by atoms with Crippen LogP contribution in [0, 0.1) is 0 Å². The van der Waals surface area contributed by atoms with E-state index in [0.29, 0.717) is 23.9 Å². The zero-order valence-corrected chi connectivity index (χ0v) is 46.0. The van der Waals surface area contributed by atoms with E-state index in [1.54, 1.807) is 0 Å². The van der Waals surface area contributed by atoms with Crippen molar-refractivity contribution < 1.29 is 42.9 Å². The molecule has 0 aromatic rings. The molecular formula is C64H98NO8+. The van der Waals surface area contributed by atoms with Crippen LogP contribution in [0.3, 0.4) is 0 Å². The molecule has 0 aliphatic rings. The van der Waals surface area contributed by atoms with Gasteiger partial charge < -0.3 is 28.5 Å². The molecule has 73 heavy (non-hydrogen) atoms. The number of nitrogens with zero attached hydrogens (tertiary/aromatic N) is 1. The molecule has 9 heteroatoms. The zero-order valence-electron chi connectivity index (χ0n) is 46.0. The van der Waals surface area contributed by atoms with Gasteiger partial charge in [-0.2, -0.15) is 0 Å². The van der Waals surface area contributed by atoms with Crippen LogP contribution in [0.1, 0.15) is 155 Å². The van der Waals surface area contributed by atoms with Crippen LogP contribution in [0.4, 0.5) is 0 Å². The van der Waals surface area contributed by atoms with Crippen molar-refractivity contribution in [2.75, 3.05) is 47.5 Å². The Balaban J connectivity index is 4.53. The van der Waals surface area contributed by atoms with Gasteiger partial charge in [0.15, 0.2) is 6.10 Å². The number of carbonyl (C=O) groups excluding carboxylic acids is 2. The highest BCUT2D eigenvalue weighted by Crippen LogP contribution is 2.10. The summed E-state index contributed by atoms with van der Waals surface area (Å²) in [6.07, 6.45) is 77.2. The summed E-state index contributed by atoms with van der Waals surface area (Å²) >= 11 is 0. The van der Waals surface area contributed by atoms with Crippen LogP contribution in [0.5, 0.6) is 0 Å². The highest BCUT2D eigenvalue weighted by molar-refractivity contribution is 5.71. The third-order valence-electron chi connectivity index (χ3n) is 10.5. The number of hydrogen-bond donors (Lipinski definition) is 1. The molecule has 0 heterocycles. The Morgan fingerprint density at radius 1 is 0.411 bits per heavy atom. The smallest absolute Gasteiger partial charge is 0.361 e. The average Bonchev–Trinajstić information content (AvgIpc) is 3.36. The number of carboxylic acid groups (broad SMARTS) is 1. The first kappa shape index (κ1) is 67.6. The lowest BCUT2D eigenvalue weighted by Crippen LogP contribution is -2.40. The number of esters is 2. The number of unbranched alkanes of at least 4 members (excludes halogenated alkanes) is 4. The Morgan fingerprint density at radius 2 is 0.753 bits per heavy atom. The van der Waals surface area contributed by atoms with E-state index >= 15 is 0 Å². The van der Waals surface area contributed by atoms with Crippen LogP contribution in [0.2, 0.25) is 0 Å². The molecule has 2 atom stereocenters. The maximum atomic E-state index is 12.8. The van der Waals surface area contributed by atoms with Crippen molar-refractivity contribution in [2.24, 2.45) is 0 Å². The first-order valence-electron chi connectivity index (χ1n) is 27.3. The van der Waals surface area contributed by atoms with Crippen molar-refractivity contribution in [2.45, 2.75) is 167 Å². The molecule has 0 spiro atoms. The van der Waals surface area contributed by atoms with Gasteiger partial charge in [0.25, 0.3) is 6.29 Å². The molecule has 0 aliphatic carbocycles. The van der Waals surface area contributed by atoms with Crippen LogP contribution in [0.25, 0.3) is 0 Å². The van der Waals surface area contributed by atoms with Crippen molar-refractivity contribution in [3.63, 3.8) is 0 Å². The normalized spacial score (nSPS) is 14.2. The van der Waals surface area contributed by atoms with E-state index in [2.05, 4.69) is 184 Å². The molecule has 406 valence electrons. The second-order valence-electron chi connectivity index (χ2n) is 18.4. The highest BCUT2D eigenvalue weighted by Gasteiger charge is 2.25. The van der Waals surface area contributed by atoms with E-state index in [1.807, 2.05) is 21.1 Å². The number of quaternary nitrogens is 1. The second kappa shape index (κ2) is 53.0. The summed E-state index contributed by atoms with van der Waals surface area (Å²) in [5, 5.41) is 9.69. The molecule has 0 saturated carbocycles. The predicted molar refractivity (Wildman–Crippen MR) is 308 cm³/mol. The Hall–Kier alpha value is -5.35. The predicted octanol–water partition coefficient (Wildman–Crippen LogP) is 16.0. The molecule has 9 nitrogen and oxygen atoms in total. The lowest BCUT2D eigenvalue weighted by molar-refractivity contribution is -0.870. The molecular weight excluding hydrogens is 911 g/mol. The number of rotatable bonds is 47. The number of hydrogen-bond acceptors (Lipinski definition) is 7. The Bertz CT molecular complexity index is 1790. The summed E-state index contributed by atoms with van der Waals surface area (Å²) in [7, 11) is 5.92. The average molecular weight is 1010 g/mol. The third-order valence-corrected chi connectivity index (χ3v) is 10.5. The van der Waals surface area contributed by atoms with E-state index in [4.69, 9.17) is 18.9 Å². The lowest BCUT2D eigenvalue weighted by atomic mass is 10.1. The molecule has 0 fully saturated rings. The minimum Gasteiger partial charge on any atom is -0.477 e. The number of aliphatic carboxylic acids is 1. The first-order valence-corrected chi connectivity index (χ1v) is 27.3. The Morgan fingerprint density at radius 3 is 1.11 bits per heavy atom. The molecule has 0 bridgehead atoms. The third kappa shape index (κ3) is 54.3. The fourth-order valence-electron chi connectivity index (χ4n) is 6.33. The van der Waals surface area contributed by atoms with Crippen molar-refractivity contribution in [3.05, 3.63) is 170 Å². The van der Waals surface area contributed by atoms with Gasteiger partial charge in [-0.05, 0) is 122 Å². The topological polar surface area (TPSA) is 108 Å². The summed E-state index contributed by atoms with van der Waals surface area (Å²) in [6.45, 7) is 4.50. The standard InChI is InChI=1S/C64H97NO8/c1-6-8-10-12-14-16-18-20-22-24-26-28-30-31-33-35-37-39-41-43-45-47-49-51-53-55-62(67)73-60(59-72-64(63(68)69)70-57-56-65(3,4)5)58-71-61(66)54-52-50-48-46-44-42-40-38-36-34-32-29-27-25-23-21-19-17-15-13-11-9-7-2/h8-11,14-17,20-23,26-29,31,33-34,36-37,39-40,42-43,45-46,48,60,64H,6-7,12-13,18-19,24-25,30,32,35,38,41,44,47,49-59H2,1-5H3/p+1/b10-8-,11-9-,16-14-,17-15-,22-20-,23-21-,28-26-,29-27-,33-31-,36-34-,39-37-,42-40-,45-43-,48-46-. The molecule has 0 saturated heterocycles. The van der Waals surface area contributed by atoms with Crippen molar-refractivity contribution in [1.29, 1.82) is 0 Å². The summed E-state index contributed by atoms with van der Waals surface area (Å²) in [5.41, 5.74) is 0. The number of likely N-dealkylation sites (N-methyl/N-ethyl adjacent to an activating group) is 1. The van der Waals surface area contributed by atoms with Gasteiger partial charge >= 0.3 is 17.9 Å². The van der Waals surface area contributed by atoms with Crippen LogP contribution in [0.15, 0.2) is 170 Å². The van der Waals surface area contributed by atoms with Crippen LogP contribution < -0.4 is 0 Å². The first-order chi connectivity index (χ1) is 35.6. The van der Waals surface area contributed by atoms with Gasteiger partial charge in [-0.3, -0.25) is 9.59 Å². The fraction of sp³-hybridized carbons (Fsp3) is 0.516. The molecule has 1 N–H and O–H groups in total. The molecule has 0 aromatic heterocycles. The van der Waals surface area contributed by atoms with Crippen LogP contribution >= 0.6 is 0 Å². The van der Waals surface area contributed by atoms with Gasteiger partial charge in [-0.15, -0.1) is 0 Å². The van der Waals surface area contributed by atoms with Crippen LogP contribution in [-0.4, -0.2) is 87.4 Å². The van der Waals surface area contributed by atoms with Gasteiger partial charge in [0.1, 0.15) is 13.2 Å². The van der Waals surface area contributed by atoms with E-state index in [9.17, 15) is 19.5 Å². The molecule has 2 unspecified atom stereocenters. The molecule has 0 aromatic carbocycles. The largest absolute Gasteiger partial charge is 0.477 e. The van der Waals surface area contributed by atoms with E-state index in [1.165, 1.54) is 0 Å². The van der Waals surface area contributed by atoms with Gasteiger partial charge in [0.05, 0.1) is 34.4 Å². The Kier molecular flexibility index (Phi) is 49.1. The number of carboxylic acids is 1. The SMILES string of the molecule is CC/C=C\C/C=C\C/C=C\C/C=C\C/C=C\C/C=C\C/C=C\CCCCCC(=O)OC(COC(=O)CCC/C=C\C/C=C\C/C=C\C/C=C\C/C=C\C/C=C\C/C=C\CC)COC(OCC[N+](C)(C)C)C(=O)O. The molecule has 0 aliphatic heterocycles. The second-order valence-corrected chi connectivity index (χ2v) is 18.4. The van der Waals surface area contributed by atoms with Crippen molar-refractivity contribution in [3.8, 4) is 0 Å². The minimum absolute atomic E-state index is 0.160. The van der Waals surface area contributed by atoms with Crippen molar-refractivity contribution in [1.82, 2.24) is 0 Å². The highest BCUT2D eigenvalue weighted by atomic mass is 16.7. The van der Waals surface area contributed by atoms with Gasteiger partial charge in [0, 0.05) is 12.8 Å². The van der Waals surface area contributed by atoms with E-state index in [-0.39, 0.29) is 32.7 Å². The Labute approximate surface area is 444 Å². The quantitative estimate of drug-likeness (QED) is 0.0211. The van der Waals surface area contributed by atoms with Gasteiger partial charge in [-0.1, -0.05) is 190 Å². The minimum atomic E-state index is -1.55. The van der Waals surface area contributed by atoms with Gasteiger partial charge in [0.2, 0.25) is 0 Å². The summed E-state index contributed by atoms with van der Waals surface area (Å²) in [6, 6.07) is 0. The number of ether oxygens (including phenoxy) is 4. The van der Waals surface area contributed by atoms with E-state index < -0.39 is 30.3 Å². The molecule has 0 amide bonds. The fourth-order valence-corrected chi connectivity index (χ4v) is 6.33. The maximum absolute atomic E-state index is 12.8.